The summed E-state index contributed by atoms with van der Waals surface area (Å²) in [5, 5.41) is 3.34. The molecule has 110 valence electrons. The van der Waals surface area contributed by atoms with E-state index in [9.17, 15) is 4.79 Å². The van der Waals surface area contributed by atoms with E-state index < -0.39 is 0 Å². The van der Waals surface area contributed by atoms with Crippen molar-refractivity contribution in [1.29, 1.82) is 0 Å². The van der Waals surface area contributed by atoms with Crippen LogP contribution in [0.15, 0.2) is 28.7 Å². The standard InChI is InChI=1S/C16H22BrNO2/c1-16(2,13-7-9-18-10-8-13)20-15(19)11-12-5-3-4-6-14(12)17/h3-6,13,18H,7-11H2,1-2H3. The molecule has 1 aliphatic heterocycles. The number of hydrogen-bond acceptors (Lipinski definition) is 3. The highest BCUT2D eigenvalue weighted by Gasteiger charge is 2.34. The minimum absolute atomic E-state index is 0.152. The molecule has 1 aliphatic rings. The first kappa shape index (κ1) is 15.5. The van der Waals surface area contributed by atoms with Gasteiger partial charge in [0.25, 0.3) is 0 Å². The van der Waals surface area contributed by atoms with E-state index in [1.165, 1.54) is 0 Å². The normalized spacial score (nSPS) is 16.9. The molecule has 0 radical (unpaired) electrons. The molecule has 0 amide bonds. The van der Waals surface area contributed by atoms with Gasteiger partial charge < -0.3 is 10.1 Å². The largest absolute Gasteiger partial charge is 0.459 e. The predicted octanol–water partition coefficient (Wildman–Crippen LogP) is 3.31. The number of esters is 1. The summed E-state index contributed by atoms with van der Waals surface area (Å²) in [6.45, 7) is 6.08. The van der Waals surface area contributed by atoms with E-state index in [0.29, 0.717) is 12.3 Å². The highest BCUT2D eigenvalue weighted by molar-refractivity contribution is 9.10. The van der Waals surface area contributed by atoms with Crippen molar-refractivity contribution in [3.05, 3.63) is 34.3 Å². The molecule has 1 fully saturated rings. The van der Waals surface area contributed by atoms with Gasteiger partial charge >= 0.3 is 5.97 Å². The first-order valence-corrected chi connectivity index (χ1v) is 7.94. The summed E-state index contributed by atoms with van der Waals surface area (Å²) in [7, 11) is 0. The van der Waals surface area contributed by atoms with Crippen molar-refractivity contribution in [2.24, 2.45) is 5.92 Å². The zero-order valence-corrected chi connectivity index (χ0v) is 13.7. The van der Waals surface area contributed by atoms with Gasteiger partial charge in [-0.2, -0.15) is 0 Å². The van der Waals surface area contributed by atoms with Crippen LogP contribution in [0.3, 0.4) is 0 Å². The Morgan fingerprint density at radius 1 is 1.35 bits per heavy atom. The molecule has 1 aromatic carbocycles. The molecular formula is C16H22BrNO2. The highest BCUT2D eigenvalue weighted by Crippen LogP contribution is 2.29. The van der Waals surface area contributed by atoms with Crippen LogP contribution in [-0.4, -0.2) is 24.7 Å². The van der Waals surface area contributed by atoms with Gasteiger partial charge in [-0.1, -0.05) is 34.1 Å². The lowest BCUT2D eigenvalue weighted by Crippen LogP contribution is -2.43. The third-order valence-corrected chi connectivity index (χ3v) is 4.77. The topological polar surface area (TPSA) is 38.3 Å². The van der Waals surface area contributed by atoms with Gasteiger partial charge in [-0.05, 0) is 51.4 Å². The molecule has 1 aromatic rings. The Labute approximate surface area is 129 Å². The first-order chi connectivity index (χ1) is 9.49. The Morgan fingerprint density at radius 3 is 2.65 bits per heavy atom. The quantitative estimate of drug-likeness (QED) is 0.855. The fraction of sp³-hybridized carbons (Fsp3) is 0.562. The van der Waals surface area contributed by atoms with Crippen molar-refractivity contribution in [3.8, 4) is 0 Å². The van der Waals surface area contributed by atoms with E-state index in [-0.39, 0.29) is 11.6 Å². The van der Waals surface area contributed by atoms with Gasteiger partial charge in [-0.25, -0.2) is 0 Å². The number of nitrogens with one attached hydrogen (secondary N) is 1. The minimum atomic E-state index is -0.388. The molecule has 3 nitrogen and oxygen atoms in total. The lowest BCUT2D eigenvalue weighted by molar-refractivity contribution is -0.161. The zero-order valence-electron chi connectivity index (χ0n) is 12.1. The van der Waals surface area contributed by atoms with Gasteiger partial charge in [-0.3, -0.25) is 4.79 Å². The molecule has 0 bridgehead atoms. The van der Waals surface area contributed by atoms with Crippen LogP contribution in [0.4, 0.5) is 0 Å². The fourth-order valence-corrected chi connectivity index (χ4v) is 3.15. The summed E-state index contributed by atoms with van der Waals surface area (Å²) in [4.78, 5) is 12.2. The van der Waals surface area contributed by atoms with Gasteiger partial charge in [-0.15, -0.1) is 0 Å². The number of halogens is 1. The maximum absolute atomic E-state index is 12.2. The molecule has 1 saturated heterocycles. The Bertz CT molecular complexity index is 467. The second-order valence-electron chi connectivity index (χ2n) is 5.87. The van der Waals surface area contributed by atoms with Gasteiger partial charge in [0.1, 0.15) is 5.60 Å². The number of piperidine rings is 1. The second-order valence-corrected chi connectivity index (χ2v) is 6.72. The SMILES string of the molecule is CC(C)(OC(=O)Cc1ccccc1Br)C1CCNCC1. The van der Waals surface area contributed by atoms with Crippen LogP contribution in [0.2, 0.25) is 0 Å². The Hall–Kier alpha value is -0.870. The molecule has 0 saturated carbocycles. The monoisotopic (exact) mass is 339 g/mol. The van der Waals surface area contributed by atoms with Crippen LogP contribution in [0.5, 0.6) is 0 Å². The predicted molar refractivity (Wildman–Crippen MR) is 83.6 cm³/mol. The molecule has 4 heteroatoms. The Kier molecular flexibility index (Phi) is 5.22. The third-order valence-electron chi connectivity index (χ3n) is 3.99. The molecule has 2 rings (SSSR count). The van der Waals surface area contributed by atoms with E-state index in [0.717, 1.165) is 36.0 Å². The number of ether oxygens (including phenoxy) is 1. The van der Waals surface area contributed by atoms with E-state index in [4.69, 9.17) is 4.74 Å². The fourth-order valence-electron chi connectivity index (χ4n) is 2.73. The molecule has 0 atom stereocenters. The van der Waals surface area contributed by atoms with Crippen molar-refractivity contribution < 1.29 is 9.53 Å². The smallest absolute Gasteiger partial charge is 0.310 e. The maximum atomic E-state index is 12.2. The summed E-state index contributed by atoms with van der Waals surface area (Å²) in [5.74, 6) is 0.285. The molecule has 1 heterocycles. The average molecular weight is 340 g/mol. The minimum Gasteiger partial charge on any atom is -0.459 e. The summed E-state index contributed by atoms with van der Waals surface area (Å²) >= 11 is 3.46. The van der Waals surface area contributed by atoms with Gasteiger partial charge in [0, 0.05) is 10.4 Å². The molecule has 0 aromatic heterocycles. The second kappa shape index (κ2) is 6.72. The van der Waals surface area contributed by atoms with E-state index in [1.807, 2.05) is 38.1 Å². The molecule has 0 unspecified atom stereocenters. The van der Waals surface area contributed by atoms with Crippen LogP contribution in [0.25, 0.3) is 0 Å². The summed E-state index contributed by atoms with van der Waals surface area (Å²) in [5.41, 5.74) is 0.582. The molecule has 20 heavy (non-hydrogen) atoms. The van der Waals surface area contributed by atoms with Crippen molar-refractivity contribution in [1.82, 2.24) is 5.32 Å². The number of rotatable bonds is 4. The number of carbonyl (C=O) groups is 1. The zero-order chi connectivity index (χ0) is 14.6. The Morgan fingerprint density at radius 2 is 2.00 bits per heavy atom. The van der Waals surface area contributed by atoms with Crippen LogP contribution >= 0.6 is 15.9 Å². The van der Waals surface area contributed by atoms with Crippen molar-refractivity contribution in [2.45, 2.75) is 38.7 Å². The van der Waals surface area contributed by atoms with E-state index in [1.54, 1.807) is 0 Å². The molecule has 1 N–H and O–H groups in total. The number of hydrogen-bond donors (Lipinski definition) is 1. The van der Waals surface area contributed by atoms with Crippen LogP contribution < -0.4 is 5.32 Å². The van der Waals surface area contributed by atoms with Crippen molar-refractivity contribution >= 4 is 21.9 Å². The van der Waals surface area contributed by atoms with E-state index >= 15 is 0 Å². The number of carbonyl (C=O) groups excluding carboxylic acids is 1. The van der Waals surface area contributed by atoms with Crippen LogP contribution in [0, 0.1) is 5.92 Å². The summed E-state index contributed by atoms with van der Waals surface area (Å²) in [6.07, 6.45) is 2.44. The molecule has 0 spiro atoms. The van der Waals surface area contributed by atoms with Crippen molar-refractivity contribution in [3.63, 3.8) is 0 Å². The van der Waals surface area contributed by atoms with E-state index in [2.05, 4.69) is 21.2 Å². The van der Waals surface area contributed by atoms with Gasteiger partial charge in [0.15, 0.2) is 0 Å². The van der Waals surface area contributed by atoms with Crippen LogP contribution in [-0.2, 0) is 16.0 Å². The molecule has 0 aliphatic carbocycles. The summed E-state index contributed by atoms with van der Waals surface area (Å²) in [6, 6.07) is 7.77. The highest BCUT2D eigenvalue weighted by atomic mass is 79.9. The third kappa shape index (κ3) is 4.06. The Balaban J connectivity index is 1.94. The number of benzene rings is 1. The average Bonchev–Trinajstić information content (AvgIpc) is 2.42. The maximum Gasteiger partial charge on any atom is 0.310 e. The molecular weight excluding hydrogens is 318 g/mol. The van der Waals surface area contributed by atoms with Gasteiger partial charge in [0.05, 0.1) is 6.42 Å². The van der Waals surface area contributed by atoms with Gasteiger partial charge in [0.2, 0.25) is 0 Å². The van der Waals surface area contributed by atoms with Crippen LogP contribution in [0.1, 0.15) is 32.3 Å². The van der Waals surface area contributed by atoms with Crippen molar-refractivity contribution in [2.75, 3.05) is 13.1 Å². The lowest BCUT2D eigenvalue weighted by atomic mass is 9.83. The lowest BCUT2D eigenvalue weighted by Gasteiger charge is -2.36. The summed E-state index contributed by atoms with van der Waals surface area (Å²) < 4.78 is 6.70. The first-order valence-electron chi connectivity index (χ1n) is 7.15.